The minimum absolute atomic E-state index is 0.143. The van der Waals surface area contributed by atoms with Crippen molar-refractivity contribution in [2.75, 3.05) is 26.5 Å². The minimum Gasteiger partial charge on any atom is -0.497 e. The van der Waals surface area contributed by atoms with Gasteiger partial charge in [0, 0.05) is 19.7 Å². The molecule has 0 aromatic heterocycles. The van der Waals surface area contributed by atoms with Crippen LogP contribution in [0.5, 0.6) is 5.75 Å². The maximum atomic E-state index is 11.9. The van der Waals surface area contributed by atoms with Gasteiger partial charge in [-0.05, 0) is 36.2 Å². The van der Waals surface area contributed by atoms with E-state index >= 15 is 0 Å². The summed E-state index contributed by atoms with van der Waals surface area (Å²) in [4.78, 5) is 13.4. The van der Waals surface area contributed by atoms with Crippen LogP contribution in [0.25, 0.3) is 11.1 Å². The Balaban J connectivity index is 2.40. The molecule has 0 saturated carbocycles. The van der Waals surface area contributed by atoms with Gasteiger partial charge in [0.25, 0.3) is 0 Å². The second-order valence-corrected chi connectivity index (χ2v) is 5.10. The molecule has 0 aliphatic carbocycles. The molecule has 2 amide bonds. The molecule has 0 bridgehead atoms. The first-order valence-electron chi connectivity index (χ1n) is 6.74. The summed E-state index contributed by atoms with van der Waals surface area (Å²) in [7, 11) is 5.08. The van der Waals surface area contributed by atoms with Gasteiger partial charge in [-0.3, -0.25) is 0 Å². The van der Waals surface area contributed by atoms with Gasteiger partial charge < -0.3 is 15.0 Å². The highest BCUT2D eigenvalue weighted by Crippen LogP contribution is 2.30. The molecule has 0 heterocycles. The second-order valence-electron chi connectivity index (χ2n) is 5.10. The number of nitrogens with zero attached hydrogens (tertiary/aromatic N) is 1. The van der Waals surface area contributed by atoms with E-state index in [0.29, 0.717) is 0 Å². The molecule has 2 aromatic rings. The van der Waals surface area contributed by atoms with Crippen molar-refractivity contribution in [2.24, 2.45) is 0 Å². The number of hydrogen-bond acceptors (Lipinski definition) is 2. The zero-order valence-corrected chi connectivity index (χ0v) is 12.8. The van der Waals surface area contributed by atoms with E-state index in [-0.39, 0.29) is 6.03 Å². The van der Waals surface area contributed by atoms with Gasteiger partial charge in [-0.25, -0.2) is 4.79 Å². The second kappa shape index (κ2) is 6.31. The van der Waals surface area contributed by atoms with Crippen molar-refractivity contribution in [3.05, 3.63) is 48.0 Å². The van der Waals surface area contributed by atoms with Crippen LogP contribution in [0, 0.1) is 6.92 Å². The van der Waals surface area contributed by atoms with E-state index in [2.05, 4.69) is 5.32 Å². The maximum absolute atomic E-state index is 11.9. The van der Waals surface area contributed by atoms with Gasteiger partial charge in [0.1, 0.15) is 5.75 Å². The molecule has 0 aliphatic heterocycles. The van der Waals surface area contributed by atoms with Gasteiger partial charge >= 0.3 is 6.03 Å². The summed E-state index contributed by atoms with van der Waals surface area (Å²) in [5.41, 5.74) is 3.92. The molecule has 0 fully saturated rings. The number of ether oxygens (including phenoxy) is 1. The summed E-state index contributed by atoms with van der Waals surface area (Å²) in [6.07, 6.45) is 0. The lowest BCUT2D eigenvalue weighted by Gasteiger charge is -2.16. The number of aryl methyl sites for hydroxylation is 1. The molecule has 1 N–H and O–H groups in total. The molecule has 0 spiro atoms. The van der Waals surface area contributed by atoms with E-state index in [1.165, 1.54) is 4.90 Å². The van der Waals surface area contributed by atoms with Crippen LogP contribution in [0.1, 0.15) is 5.56 Å². The molecular formula is C17H20N2O2. The highest BCUT2D eigenvalue weighted by atomic mass is 16.5. The molecule has 21 heavy (non-hydrogen) atoms. The van der Waals surface area contributed by atoms with E-state index in [1.54, 1.807) is 21.2 Å². The SMILES string of the molecule is COc1ccc(-c2ccc(C)cc2NC(=O)N(C)C)cc1. The van der Waals surface area contributed by atoms with Crippen molar-refractivity contribution >= 4 is 11.7 Å². The number of hydrogen-bond donors (Lipinski definition) is 1. The Bertz CT molecular complexity index is 634. The predicted octanol–water partition coefficient (Wildman–Crippen LogP) is 3.76. The van der Waals surface area contributed by atoms with E-state index < -0.39 is 0 Å². The van der Waals surface area contributed by atoms with Crippen LogP contribution in [0.3, 0.4) is 0 Å². The van der Waals surface area contributed by atoms with E-state index in [9.17, 15) is 4.79 Å². The number of amides is 2. The van der Waals surface area contributed by atoms with Crippen molar-refractivity contribution in [1.82, 2.24) is 4.90 Å². The highest BCUT2D eigenvalue weighted by Gasteiger charge is 2.10. The van der Waals surface area contributed by atoms with E-state index in [4.69, 9.17) is 4.74 Å². The smallest absolute Gasteiger partial charge is 0.321 e. The zero-order valence-electron chi connectivity index (χ0n) is 12.8. The lowest BCUT2D eigenvalue weighted by atomic mass is 10.0. The fraction of sp³-hybridized carbons (Fsp3) is 0.235. The van der Waals surface area contributed by atoms with E-state index in [0.717, 1.165) is 28.1 Å². The normalized spacial score (nSPS) is 10.1. The van der Waals surface area contributed by atoms with Crippen molar-refractivity contribution in [3.63, 3.8) is 0 Å². The third-order valence-corrected chi connectivity index (χ3v) is 3.22. The summed E-state index contributed by atoms with van der Waals surface area (Å²) in [5, 5.41) is 2.93. The first-order chi connectivity index (χ1) is 10.0. The van der Waals surface area contributed by atoms with Crippen LogP contribution < -0.4 is 10.1 Å². The topological polar surface area (TPSA) is 41.6 Å². The maximum Gasteiger partial charge on any atom is 0.321 e. The monoisotopic (exact) mass is 284 g/mol. The number of nitrogens with one attached hydrogen (secondary N) is 1. The van der Waals surface area contributed by atoms with Crippen LogP contribution in [0.4, 0.5) is 10.5 Å². The first kappa shape index (κ1) is 14.9. The van der Waals surface area contributed by atoms with Crippen LogP contribution in [-0.2, 0) is 0 Å². The van der Waals surface area contributed by atoms with Crippen LogP contribution in [0.15, 0.2) is 42.5 Å². The summed E-state index contributed by atoms with van der Waals surface area (Å²) in [6, 6.07) is 13.7. The molecule has 0 atom stereocenters. The summed E-state index contributed by atoms with van der Waals surface area (Å²) in [5.74, 6) is 0.810. The lowest BCUT2D eigenvalue weighted by molar-refractivity contribution is 0.230. The molecule has 4 nitrogen and oxygen atoms in total. The third-order valence-electron chi connectivity index (χ3n) is 3.22. The standard InChI is InChI=1S/C17H20N2O2/c1-12-5-10-15(13-6-8-14(21-4)9-7-13)16(11-12)18-17(20)19(2)3/h5-11H,1-4H3,(H,18,20). The molecule has 4 heteroatoms. The molecule has 0 saturated heterocycles. The minimum atomic E-state index is -0.143. The summed E-state index contributed by atoms with van der Waals surface area (Å²) >= 11 is 0. The Kier molecular flexibility index (Phi) is 4.48. The Morgan fingerprint density at radius 1 is 1.10 bits per heavy atom. The Hall–Kier alpha value is -2.49. The molecule has 2 aromatic carbocycles. The Morgan fingerprint density at radius 2 is 1.76 bits per heavy atom. The van der Waals surface area contributed by atoms with Crippen molar-refractivity contribution in [1.29, 1.82) is 0 Å². The van der Waals surface area contributed by atoms with Crippen LogP contribution in [0.2, 0.25) is 0 Å². The van der Waals surface area contributed by atoms with Gasteiger partial charge in [0.05, 0.1) is 12.8 Å². The number of benzene rings is 2. The number of carbonyl (C=O) groups excluding carboxylic acids is 1. The van der Waals surface area contributed by atoms with Gasteiger partial charge in [-0.15, -0.1) is 0 Å². The predicted molar refractivity (Wildman–Crippen MR) is 85.9 cm³/mol. The van der Waals surface area contributed by atoms with Crippen LogP contribution >= 0.6 is 0 Å². The average molecular weight is 284 g/mol. The molecule has 110 valence electrons. The van der Waals surface area contributed by atoms with E-state index in [1.807, 2.05) is 49.4 Å². The van der Waals surface area contributed by atoms with Gasteiger partial charge in [0.2, 0.25) is 0 Å². The van der Waals surface area contributed by atoms with Crippen molar-refractivity contribution < 1.29 is 9.53 Å². The number of carbonyl (C=O) groups is 1. The highest BCUT2D eigenvalue weighted by molar-refractivity contribution is 5.94. The lowest BCUT2D eigenvalue weighted by Crippen LogP contribution is -2.27. The number of urea groups is 1. The molecule has 0 radical (unpaired) electrons. The largest absolute Gasteiger partial charge is 0.497 e. The zero-order chi connectivity index (χ0) is 15.4. The van der Waals surface area contributed by atoms with Crippen LogP contribution in [-0.4, -0.2) is 32.1 Å². The summed E-state index contributed by atoms with van der Waals surface area (Å²) < 4.78 is 5.17. The fourth-order valence-electron chi connectivity index (χ4n) is 2.01. The molecule has 0 unspecified atom stereocenters. The Morgan fingerprint density at radius 3 is 2.33 bits per heavy atom. The molecule has 0 aliphatic rings. The number of anilines is 1. The van der Waals surface area contributed by atoms with Crippen molar-refractivity contribution in [3.8, 4) is 16.9 Å². The van der Waals surface area contributed by atoms with Gasteiger partial charge in [-0.1, -0.05) is 24.3 Å². The average Bonchev–Trinajstić information content (AvgIpc) is 2.47. The third kappa shape index (κ3) is 3.54. The quantitative estimate of drug-likeness (QED) is 0.932. The molecule has 2 rings (SSSR count). The number of rotatable bonds is 3. The summed E-state index contributed by atoms with van der Waals surface area (Å²) in [6.45, 7) is 2.00. The molecular weight excluding hydrogens is 264 g/mol. The van der Waals surface area contributed by atoms with Gasteiger partial charge in [0.15, 0.2) is 0 Å². The van der Waals surface area contributed by atoms with Crippen molar-refractivity contribution in [2.45, 2.75) is 6.92 Å². The fourth-order valence-corrected chi connectivity index (χ4v) is 2.01. The first-order valence-corrected chi connectivity index (χ1v) is 6.74. The van der Waals surface area contributed by atoms with Gasteiger partial charge in [-0.2, -0.15) is 0 Å². The Labute approximate surface area is 125 Å². The number of methoxy groups -OCH3 is 1.